The molecule has 0 saturated carbocycles. The summed E-state index contributed by atoms with van der Waals surface area (Å²) in [5, 5.41) is -0.176. The molecule has 3 heteroatoms. The molecule has 17 heavy (non-hydrogen) atoms. The highest BCUT2D eigenvalue weighted by Gasteiger charge is 2.10. The number of nitrogens with zero attached hydrogens (tertiary/aromatic N) is 1. The van der Waals surface area contributed by atoms with E-state index in [2.05, 4.69) is 46.4 Å². The lowest BCUT2D eigenvalue weighted by molar-refractivity contribution is 0.234. The van der Waals surface area contributed by atoms with E-state index in [0.29, 0.717) is 6.54 Å². The molecule has 94 valence electrons. The number of likely N-dealkylation sites (N-methyl/N-ethyl adjacent to an activating group) is 1. The number of rotatable bonds is 3. The van der Waals surface area contributed by atoms with Crippen molar-refractivity contribution < 1.29 is 4.79 Å². The average Bonchev–Trinajstić information content (AvgIpc) is 2.26. The van der Waals surface area contributed by atoms with Crippen LogP contribution in [0.25, 0.3) is 0 Å². The summed E-state index contributed by atoms with van der Waals surface area (Å²) in [6.45, 7) is 9.30. The zero-order valence-electron chi connectivity index (χ0n) is 11.3. The Morgan fingerprint density at radius 1 is 1.18 bits per heavy atom. The number of aryl methyl sites for hydroxylation is 2. The van der Waals surface area contributed by atoms with Gasteiger partial charge in [-0.1, -0.05) is 18.7 Å². The Kier molecular flexibility index (Phi) is 4.63. The van der Waals surface area contributed by atoms with Crippen molar-refractivity contribution in [2.24, 2.45) is 0 Å². The molecule has 0 aliphatic rings. The first kappa shape index (κ1) is 14.1. The Morgan fingerprint density at radius 2 is 1.65 bits per heavy atom. The van der Waals surface area contributed by atoms with Crippen molar-refractivity contribution in [3.8, 4) is 0 Å². The van der Waals surface area contributed by atoms with E-state index in [1.807, 2.05) is 0 Å². The Morgan fingerprint density at radius 3 is 2.06 bits per heavy atom. The summed E-state index contributed by atoms with van der Waals surface area (Å²) in [6.07, 6.45) is 0.892. The van der Waals surface area contributed by atoms with Gasteiger partial charge in [-0.2, -0.15) is 0 Å². The van der Waals surface area contributed by atoms with Crippen LogP contribution in [0.1, 0.15) is 27.8 Å². The maximum absolute atomic E-state index is 11.1. The summed E-state index contributed by atoms with van der Waals surface area (Å²) < 4.78 is 0. The number of thiol groups is 1. The van der Waals surface area contributed by atoms with Crippen LogP contribution in [0.5, 0.6) is 0 Å². The van der Waals surface area contributed by atoms with Gasteiger partial charge in [0.2, 0.25) is 0 Å². The molecule has 1 rings (SSSR count). The van der Waals surface area contributed by atoms with E-state index in [1.165, 1.54) is 27.8 Å². The monoisotopic (exact) mass is 251 g/mol. The minimum Gasteiger partial charge on any atom is -0.337 e. The number of carbonyl (C=O) groups excluding carboxylic acids is 1. The van der Waals surface area contributed by atoms with Gasteiger partial charge in [0.05, 0.1) is 0 Å². The third kappa shape index (κ3) is 3.25. The number of amides is 1. The van der Waals surface area contributed by atoms with E-state index in [9.17, 15) is 4.79 Å². The predicted molar refractivity (Wildman–Crippen MR) is 76.1 cm³/mol. The predicted octanol–water partition coefficient (Wildman–Crippen LogP) is 3.44. The van der Waals surface area contributed by atoms with E-state index in [0.717, 1.165) is 6.42 Å². The lowest BCUT2D eigenvalue weighted by Gasteiger charge is -2.18. The van der Waals surface area contributed by atoms with Crippen LogP contribution in [-0.4, -0.2) is 23.7 Å². The van der Waals surface area contributed by atoms with Crippen LogP contribution in [0.15, 0.2) is 6.07 Å². The first-order chi connectivity index (χ1) is 7.84. The second-order valence-corrected chi connectivity index (χ2v) is 5.08. The average molecular weight is 251 g/mol. The molecule has 0 fully saturated rings. The van der Waals surface area contributed by atoms with Crippen LogP contribution in [0, 0.1) is 27.7 Å². The highest BCUT2D eigenvalue weighted by atomic mass is 32.1. The van der Waals surface area contributed by atoms with Gasteiger partial charge in [-0.15, -0.1) is 0 Å². The zero-order chi connectivity index (χ0) is 13.2. The summed E-state index contributed by atoms with van der Waals surface area (Å²) in [7, 11) is 1.78. The normalized spacial score (nSPS) is 10.5. The summed E-state index contributed by atoms with van der Waals surface area (Å²) in [6, 6.07) is 2.22. The molecule has 0 unspecified atom stereocenters. The van der Waals surface area contributed by atoms with Crippen LogP contribution in [0.4, 0.5) is 4.79 Å². The van der Waals surface area contributed by atoms with Crippen LogP contribution >= 0.6 is 12.6 Å². The molecule has 0 aliphatic heterocycles. The van der Waals surface area contributed by atoms with Crippen LogP contribution < -0.4 is 0 Å². The number of carbonyl (C=O) groups is 1. The molecule has 0 saturated heterocycles. The van der Waals surface area contributed by atoms with Crippen LogP contribution in [0.2, 0.25) is 0 Å². The summed E-state index contributed by atoms with van der Waals surface area (Å²) in [5.41, 5.74) is 6.69. The second kappa shape index (κ2) is 5.58. The van der Waals surface area contributed by atoms with E-state index in [-0.39, 0.29) is 5.24 Å². The molecule has 1 aromatic carbocycles. The summed E-state index contributed by atoms with van der Waals surface area (Å²) >= 11 is 3.82. The van der Waals surface area contributed by atoms with Crippen molar-refractivity contribution in [2.75, 3.05) is 13.6 Å². The minimum atomic E-state index is -0.176. The number of hydrogen-bond donors (Lipinski definition) is 1. The Balaban J connectivity index is 2.95. The van der Waals surface area contributed by atoms with Crippen molar-refractivity contribution in [1.29, 1.82) is 0 Å². The molecule has 2 nitrogen and oxygen atoms in total. The van der Waals surface area contributed by atoms with Gasteiger partial charge in [0.25, 0.3) is 5.24 Å². The zero-order valence-corrected chi connectivity index (χ0v) is 12.2. The third-order valence-corrected chi connectivity index (χ3v) is 3.89. The van der Waals surface area contributed by atoms with Gasteiger partial charge in [0.1, 0.15) is 0 Å². The van der Waals surface area contributed by atoms with Crippen molar-refractivity contribution in [2.45, 2.75) is 34.1 Å². The molecule has 0 N–H and O–H groups in total. The molecular formula is C14H21NOS. The van der Waals surface area contributed by atoms with Crippen molar-refractivity contribution in [3.05, 3.63) is 33.9 Å². The molecule has 0 bridgehead atoms. The Hall–Kier alpha value is -0.960. The van der Waals surface area contributed by atoms with Gasteiger partial charge in [0.15, 0.2) is 0 Å². The van der Waals surface area contributed by atoms with Crippen molar-refractivity contribution >= 4 is 17.9 Å². The Labute approximate surface area is 109 Å². The van der Waals surface area contributed by atoms with Crippen LogP contribution in [0.3, 0.4) is 0 Å². The topological polar surface area (TPSA) is 20.3 Å². The fourth-order valence-electron chi connectivity index (χ4n) is 2.05. The molecular weight excluding hydrogens is 230 g/mol. The highest BCUT2D eigenvalue weighted by molar-refractivity contribution is 7.96. The van der Waals surface area contributed by atoms with Gasteiger partial charge in [-0.05, 0) is 61.9 Å². The highest BCUT2D eigenvalue weighted by Crippen LogP contribution is 2.22. The lowest BCUT2D eigenvalue weighted by Crippen LogP contribution is -2.24. The fourth-order valence-corrected chi connectivity index (χ4v) is 2.15. The lowest BCUT2D eigenvalue weighted by atomic mass is 9.92. The number of hydrogen-bond acceptors (Lipinski definition) is 1. The maximum atomic E-state index is 11.1. The van der Waals surface area contributed by atoms with E-state index in [4.69, 9.17) is 0 Å². The smallest absolute Gasteiger partial charge is 0.278 e. The van der Waals surface area contributed by atoms with Gasteiger partial charge in [0, 0.05) is 13.6 Å². The molecule has 0 atom stereocenters. The first-order valence-electron chi connectivity index (χ1n) is 5.85. The van der Waals surface area contributed by atoms with Crippen LogP contribution in [-0.2, 0) is 6.42 Å². The first-order valence-corrected chi connectivity index (χ1v) is 6.29. The standard InChI is InChI=1S/C14H21NOS/c1-9-8-10(2)12(4)13(11(9)3)6-7-15(5)14(16)17/h8H,6-7H2,1-5H3,(H,16,17). The summed E-state index contributed by atoms with van der Waals surface area (Å²) in [4.78, 5) is 12.7. The molecule has 0 aromatic heterocycles. The fraction of sp³-hybridized carbons (Fsp3) is 0.500. The van der Waals surface area contributed by atoms with E-state index in [1.54, 1.807) is 11.9 Å². The van der Waals surface area contributed by atoms with E-state index >= 15 is 0 Å². The third-order valence-electron chi connectivity index (χ3n) is 3.55. The minimum absolute atomic E-state index is 0.176. The van der Waals surface area contributed by atoms with Gasteiger partial charge < -0.3 is 4.90 Å². The molecule has 0 heterocycles. The van der Waals surface area contributed by atoms with Gasteiger partial charge in [-0.25, -0.2) is 0 Å². The quantitative estimate of drug-likeness (QED) is 0.816. The SMILES string of the molecule is Cc1cc(C)c(C)c(CCN(C)C(=O)S)c1C. The molecule has 1 amide bonds. The van der Waals surface area contributed by atoms with E-state index < -0.39 is 0 Å². The largest absolute Gasteiger partial charge is 0.337 e. The molecule has 0 aliphatic carbocycles. The molecule has 1 aromatic rings. The summed E-state index contributed by atoms with van der Waals surface area (Å²) in [5.74, 6) is 0. The maximum Gasteiger partial charge on any atom is 0.278 e. The van der Waals surface area contributed by atoms with Gasteiger partial charge >= 0.3 is 0 Å². The van der Waals surface area contributed by atoms with Crippen molar-refractivity contribution in [1.82, 2.24) is 4.90 Å². The molecule has 0 radical (unpaired) electrons. The Bertz CT molecular complexity index is 414. The van der Waals surface area contributed by atoms with Crippen molar-refractivity contribution in [3.63, 3.8) is 0 Å². The second-order valence-electron chi connectivity index (χ2n) is 4.69. The number of benzene rings is 1. The van der Waals surface area contributed by atoms with Gasteiger partial charge in [-0.3, -0.25) is 4.79 Å². The molecule has 0 spiro atoms.